The Bertz CT molecular complexity index is 1100. The van der Waals surface area contributed by atoms with Crippen molar-refractivity contribution in [1.82, 2.24) is 5.32 Å². The van der Waals surface area contributed by atoms with E-state index in [9.17, 15) is 19.8 Å². The quantitative estimate of drug-likeness (QED) is 0.0320. The van der Waals surface area contributed by atoms with E-state index in [0.717, 1.165) is 38.5 Å². The topological polar surface area (TPSA) is 95.9 Å². The Morgan fingerprint density at radius 3 is 0.932 bits per heavy atom. The number of esters is 1. The molecule has 73 heavy (non-hydrogen) atoms. The van der Waals surface area contributed by atoms with Gasteiger partial charge in [0.25, 0.3) is 0 Å². The van der Waals surface area contributed by atoms with E-state index >= 15 is 0 Å². The zero-order valence-corrected chi connectivity index (χ0v) is 49.6. The van der Waals surface area contributed by atoms with E-state index < -0.39 is 12.1 Å². The molecule has 434 valence electrons. The van der Waals surface area contributed by atoms with E-state index in [2.05, 4.69) is 19.2 Å². The molecule has 3 N–H and O–H groups in total. The summed E-state index contributed by atoms with van der Waals surface area (Å²) in [5, 5.41) is 23.2. The minimum absolute atomic E-state index is 0.0187. The molecule has 0 aliphatic rings. The number of hydrogen-bond acceptors (Lipinski definition) is 5. The van der Waals surface area contributed by atoms with Crippen molar-refractivity contribution < 1.29 is 24.5 Å². The lowest BCUT2D eigenvalue weighted by molar-refractivity contribution is -0.143. The van der Waals surface area contributed by atoms with Gasteiger partial charge in [0.1, 0.15) is 0 Å². The fourth-order valence-corrected chi connectivity index (χ4v) is 10.7. The molecule has 0 aliphatic carbocycles. The van der Waals surface area contributed by atoms with Crippen LogP contribution in [0.15, 0.2) is 12.2 Å². The largest absolute Gasteiger partial charge is 0.466 e. The first-order valence-corrected chi connectivity index (χ1v) is 33.5. The van der Waals surface area contributed by atoms with Crippen molar-refractivity contribution in [3.8, 4) is 0 Å². The normalized spacial score (nSPS) is 12.5. The summed E-state index contributed by atoms with van der Waals surface area (Å²) in [4.78, 5) is 24.6. The summed E-state index contributed by atoms with van der Waals surface area (Å²) in [6.07, 6.45) is 77.0. The molecule has 1 amide bonds. The number of ether oxygens (including phenoxy) is 1. The summed E-state index contributed by atoms with van der Waals surface area (Å²) in [7, 11) is 0. The number of carbonyl (C=O) groups is 2. The SMILES string of the molecule is CCCCCCCCCCCCCCCC/C=C/C(O)C(CO)NC(=O)CCCCCCCCCCCCCCCCCCCCCCCCCOC(=O)CCCCCCCCCCCCCCCCCCC. The van der Waals surface area contributed by atoms with Gasteiger partial charge in [-0.25, -0.2) is 0 Å². The lowest BCUT2D eigenvalue weighted by Gasteiger charge is -2.20. The average molecular weight is 1030 g/mol. The van der Waals surface area contributed by atoms with E-state index in [1.54, 1.807) is 6.08 Å². The molecule has 6 heteroatoms. The highest BCUT2D eigenvalue weighted by atomic mass is 16.5. The van der Waals surface area contributed by atoms with Gasteiger partial charge in [-0.2, -0.15) is 0 Å². The first-order valence-electron chi connectivity index (χ1n) is 33.5. The van der Waals surface area contributed by atoms with Crippen molar-refractivity contribution in [1.29, 1.82) is 0 Å². The number of hydrogen-bond donors (Lipinski definition) is 3. The fraction of sp³-hybridized carbons (Fsp3) is 0.940. The van der Waals surface area contributed by atoms with Gasteiger partial charge in [-0.1, -0.05) is 347 Å². The molecule has 0 rings (SSSR count). The number of unbranched alkanes of at least 4 members (excludes halogenated alkanes) is 52. The van der Waals surface area contributed by atoms with E-state index in [1.165, 1.54) is 315 Å². The molecule has 0 saturated heterocycles. The van der Waals surface area contributed by atoms with Crippen LogP contribution in [0, 0.1) is 0 Å². The molecular formula is C67H131NO5. The van der Waals surface area contributed by atoms with Crippen molar-refractivity contribution in [2.45, 2.75) is 392 Å². The molecule has 2 atom stereocenters. The standard InChI is InChI=1S/C67H131NO5/c1-3-5-7-9-11-13-15-17-19-28-33-37-41-45-49-53-57-61-67(72)73-62-58-54-50-46-42-38-34-30-27-25-23-21-22-24-26-29-32-36-40-44-48-52-56-60-66(71)68-64(63-69)65(70)59-55-51-47-43-39-35-31-20-18-16-14-12-10-8-6-4-2/h55,59,64-65,69-70H,3-54,56-58,60-63H2,1-2H3,(H,68,71)/b59-55+. The third-order valence-corrected chi connectivity index (χ3v) is 15.8. The zero-order valence-electron chi connectivity index (χ0n) is 49.6. The zero-order chi connectivity index (χ0) is 52.9. The van der Waals surface area contributed by atoms with Gasteiger partial charge in [0, 0.05) is 12.8 Å². The minimum Gasteiger partial charge on any atom is -0.466 e. The van der Waals surface area contributed by atoms with Gasteiger partial charge in [-0.05, 0) is 32.1 Å². The van der Waals surface area contributed by atoms with Crippen LogP contribution in [-0.4, -0.2) is 47.4 Å². The number of nitrogens with one attached hydrogen (secondary N) is 1. The Hall–Kier alpha value is -1.40. The molecule has 2 unspecified atom stereocenters. The third kappa shape index (κ3) is 59.7. The Morgan fingerprint density at radius 2 is 0.630 bits per heavy atom. The van der Waals surface area contributed by atoms with Gasteiger partial charge in [0.05, 0.1) is 25.4 Å². The average Bonchev–Trinajstić information content (AvgIpc) is 3.39. The maximum absolute atomic E-state index is 12.5. The van der Waals surface area contributed by atoms with Crippen LogP contribution >= 0.6 is 0 Å². The molecule has 0 aromatic heterocycles. The van der Waals surface area contributed by atoms with Gasteiger partial charge in [0.15, 0.2) is 0 Å². The van der Waals surface area contributed by atoms with Gasteiger partial charge >= 0.3 is 5.97 Å². The summed E-state index contributed by atoms with van der Waals surface area (Å²) < 4.78 is 5.50. The van der Waals surface area contributed by atoms with Crippen LogP contribution in [0.5, 0.6) is 0 Å². The molecule has 0 aliphatic heterocycles. The molecular weight excluding hydrogens is 899 g/mol. The molecule has 0 aromatic carbocycles. The molecule has 0 fully saturated rings. The van der Waals surface area contributed by atoms with Gasteiger partial charge < -0.3 is 20.3 Å². The van der Waals surface area contributed by atoms with Gasteiger partial charge in [0.2, 0.25) is 5.91 Å². The number of rotatable bonds is 63. The summed E-state index contributed by atoms with van der Waals surface area (Å²) >= 11 is 0. The molecule has 0 bridgehead atoms. The van der Waals surface area contributed by atoms with Crippen molar-refractivity contribution in [3.05, 3.63) is 12.2 Å². The predicted molar refractivity (Wildman–Crippen MR) is 320 cm³/mol. The van der Waals surface area contributed by atoms with Crippen LogP contribution in [0.4, 0.5) is 0 Å². The summed E-state index contributed by atoms with van der Waals surface area (Å²) in [5.41, 5.74) is 0. The smallest absolute Gasteiger partial charge is 0.305 e. The number of carbonyl (C=O) groups excluding carboxylic acids is 2. The van der Waals surface area contributed by atoms with E-state index in [4.69, 9.17) is 4.74 Å². The van der Waals surface area contributed by atoms with Crippen LogP contribution in [-0.2, 0) is 14.3 Å². The number of aliphatic hydroxyl groups is 2. The second-order valence-electron chi connectivity index (χ2n) is 23.2. The highest BCUT2D eigenvalue weighted by Crippen LogP contribution is 2.19. The Balaban J connectivity index is 3.37. The van der Waals surface area contributed by atoms with Crippen LogP contribution in [0.25, 0.3) is 0 Å². The molecule has 0 saturated carbocycles. The van der Waals surface area contributed by atoms with Crippen LogP contribution in [0.1, 0.15) is 380 Å². The molecule has 0 radical (unpaired) electrons. The monoisotopic (exact) mass is 1030 g/mol. The lowest BCUT2D eigenvalue weighted by atomic mass is 10.0. The predicted octanol–water partition coefficient (Wildman–Crippen LogP) is 21.2. The van der Waals surface area contributed by atoms with Crippen LogP contribution in [0.2, 0.25) is 0 Å². The second kappa shape index (κ2) is 63.1. The van der Waals surface area contributed by atoms with Crippen molar-refractivity contribution in [2.24, 2.45) is 0 Å². The molecule has 0 spiro atoms. The second-order valence-corrected chi connectivity index (χ2v) is 23.2. The molecule has 0 heterocycles. The highest BCUT2D eigenvalue weighted by molar-refractivity contribution is 5.76. The molecule has 6 nitrogen and oxygen atoms in total. The summed E-state index contributed by atoms with van der Waals surface area (Å²) in [6, 6.07) is -0.627. The van der Waals surface area contributed by atoms with Gasteiger partial charge in [-0.3, -0.25) is 9.59 Å². The number of allylic oxidation sites excluding steroid dienone is 1. The third-order valence-electron chi connectivity index (χ3n) is 15.8. The lowest BCUT2D eigenvalue weighted by Crippen LogP contribution is -2.45. The van der Waals surface area contributed by atoms with E-state index in [-0.39, 0.29) is 18.5 Å². The van der Waals surface area contributed by atoms with E-state index in [0.29, 0.717) is 19.4 Å². The highest BCUT2D eigenvalue weighted by Gasteiger charge is 2.18. The van der Waals surface area contributed by atoms with Crippen molar-refractivity contribution >= 4 is 11.9 Å². The first-order chi connectivity index (χ1) is 36.0. The Labute approximate surface area is 457 Å². The van der Waals surface area contributed by atoms with Gasteiger partial charge in [-0.15, -0.1) is 0 Å². The summed E-state index contributed by atoms with van der Waals surface area (Å²) in [6.45, 7) is 4.94. The Kier molecular flexibility index (Phi) is 61.9. The molecule has 0 aromatic rings. The number of aliphatic hydroxyl groups excluding tert-OH is 2. The van der Waals surface area contributed by atoms with Crippen molar-refractivity contribution in [2.75, 3.05) is 13.2 Å². The summed E-state index contributed by atoms with van der Waals surface area (Å²) in [5.74, 6) is -0.0456. The maximum atomic E-state index is 12.5. The van der Waals surface area contributed by atoms with Crippen LogP contribution < -0.4 is 5.32 Å². The fourth-order valence-electron chi connectivity index (χ4n) is 10.7. The minimum atomic E-state index is -0.843. The van der Waals surface area contributed by atoms with Crippen LogP contribution in [0.3, 0.4) is 0 Å². The maximum Gasteiger partial charge on any atom is 0.305 e. The van der Waals surface area contributed by atoms with E-state index in [1.807, 2.05) is 6.08 Å². The number of amides is 1. The Morgan fingerprint density at radius 1 is 0.370 bits per heavy atom. The van der Waals surface area contributed by atoms with Crippen molar-refractivity contribution in [3.63, 3.8) is 0 Å². The first kappa shape index (κ1) is 71.6.